The van der Waals surface area contributed by atoms with Crippen LogP contribution >= 0.6 is 0 Å². The number of esters is 1. The van der Waals surface area contributed by atoms with Crippen LogP contribution in [-0.4, -0.2) is 18.4 Å². The van der Waals surface area contributed by atoms with E-state index >= 15 is 0 Å². The molecule has 0 aromatic heterocycles. The van der Waals surface area contributed by atoms with Crippen molar-refractivity contribution in [3.05, 3.63) is 0 Å². The zero-order valence-electron chi connectivity index (χ0n) is 10.2. The van der Waals surface area contributed by atoms with Crippen LogP contribution in [0.3, 0.4) is 0 Å². The molecule has 1 aliphatic carbocycles. The zero-order valence-corrected chi connectivity index (χ0v) is 10.2. The number of hydrogen-bond donors (Lipinski definition) is 0. The Labute approximate surface area is 91.2 Å². The van der Waals surface area contributed by atoms with Gasteiger partial charge in [-0.1, -0.05) is 27.7 Å². The second kappa shape index (κ2) is 3.62. The molecule has 1 rings (SSSR count). The van der Waals surface area contributed by atoms with Crippen molar-refractivity contribution in [1.29, 1.82) is 0 Å². The lowest BCUT2D eigenvalue weighted by molar-refractivity contribution is -0.156. The molecule has 1 fully saturated rings. The first-order valence-electron chi connectivity index (χ1n) is 5.38. The molecule has 2 unspecified atom stereocenters. The van der Waals surface area contributed by atoms with Gasteiger partial charge in [-0.25, -0.2) is 0 Å². The minimum atomic E-state index is -0.814. The van der Waals surface area contributed by atoms with Gasteiger partial charge in [0, 0.05) is 0 Å². The number of carbonyl (C=O) groups is 2. The highest BCUT2D eigenvalue weighted by Crippen LogP contribution is 2.53. The van der Waals surface area contributed by atoms with Gasteiger partial charge < -0.3 is 4.74 Å². The molecule has 0 amide bonds. The summed E-state index contributed by atoms with van der Waals surface area (Å²) in [6.45, 7) is 9.75. The fourth-order valence-electron chi connectivity index (χ4n) is 1.75. The lowest BCUT2D eigenvalue weighted by Crippen LogP contribution is -2.30. The molecular weight excluding hydrogens is 192 g/mol. The third kappa shape index (κ3) is 2.39. The van der Waals surface area contributed by atoms with Gasteiger partial charge >= 0.3 is 5.97 Å². The standard InChI is InChI=1S/C12H20O3/c1-8-6-12(8,9(2)13)10(14)15-7-11(3,4)5/h8H,6-7H2,1-5H3. The lowest BCUT2D eigenvalue weighted by atomic mass is 9.97. The summed E-state index contributed by atoms with van der Waals surface area (Å²) < 4.78 is 5.21. The number of rotatable bonds is 3. The molecule has 3 heteroatoms. The molecule has 2 atom stereocenters. The van der Waals surface area contributed by atoms with E-state index in [0.717, 1.165) is 0 Å². The Hall–Kier alpha value is -0.860. The molecule has 0 saturated heterocycles. The highest BCUT2D eigenvalue weighted by Gasteiger charge is 2.62. The van der Waals surface area contributed by atoms with Gasteiger partial charge in [-0.05, 0) is 24.7 Å². The van der Waals surface area contributed by atoms with Gasteiger partial charge in [0.2, 0.25) is 0 Å². The van der Waals surface area contributed by atoms with Crippen LogP contribution in [0, 0.1) is 16.7 Å². The molecule has 86 valence electrons. The molecule has 0 aromatic rings. The maximum absolute atomic E-state index is 11.8. The average Bonchev–Trinajstić information content (AvgIpc) is 2.73. The highest BCUT2D eigenvalue weighted by molar-refractivity contribution is 6.06. The van der Waals surface area contributed by atoms with E-state index in [4.69, 9.17) is 4.74 Å². The predicted octanol–water partition coefficient (Wildman–Crippen LogP) is 2.19. The summed E-state index contributed by atoms with van der Waals surface area (Å²) in [6, 6.07) is 0. The topological polar surface area (TPSA) is 43.4 Å². The first-order valence-corrected chi connectivity index (χ1v) is 5.38. The van der Waals surface area contributed by atoms with E-state index in [1.807, 2.05) is 27.7 Å². The van der Waals surface area contributed by atoms with Crippen LogP contribution in [-0.2, 0) is 14.3 Å². The van der Waals surface area contributed by atoms with Crippen molar-refractivity contribution >= 4 is 11.8 Å². The van der Waals surface area contributed by atoms with Crippen molar-refractivity contribution in [2.75, 3.05) is 6.61 Å². The number of ketones is 1. The summed E-state index contributed by atoms with van der Waals surface area (Å²) in [5, 5.41) is 0. The van der Waals surface area contributed by atoms with Crippen LogP contribution in [0.25, 0.3) is 0 Å². The SMILES string of the molecule is CC(=O)C1(C(=O)OCC(C)(C)C)CC1C. The molecule has 1 saturated carbocycles. The number of hydrogen-bond acceptors (Lipinski definition) is 3. The van der Waals surface area contributed by atoms with E-state index in [0.29, 0.717) is 13.0 Å². The Kier molecular flexibility index (Phi) is 2.94. The maximum atomic E-state index is 11.8. The number of carbonyl (C=O) groups excluding carboxylic acids is 2. The van der Waals surface area contributed by atoms with Crippen LogP contribution in [0.15, 0.2) is 0 Å². The molecule has 0 radical (unpaired) electrons. The van der Waals surface area contributed by atoms with Crippen LogP contribution < -0.4 is 0 Å². The zero-order chi connectivity index (χ0) is 11.9. The molecule has 0 heterocycles. The molecule has 0 bridgehead atoms. The van der Waals surface area contributed by atoms with Gasteiger partial charge in [-0.3, -0.25) is 9.59 Å². The second-order valence-corrected chi connectivity index (χ2v) is 5.77. The van der Waals surface area contributed by atoms with Crippen molar-refractivity contribution < 1.29 is 14.3 Å². The van der Waals surface area contributed by atoms with Crippen molar-refractivity contribution in [3.63, 3.8) is 0 Å². The normalized spacial score (nSPS) is 29.8. The van der Waals surface area contributed by atoms with Gasteiger partial charge in [0.1, 0.15) is 11.2 Å². The van der Waals surface area contributed by atoms with Crippen LogP contribution in [0.5, 0.6) is 0 Å². The minimum Gasteiger partial charge on any atom is -0.464 e. The average molecular weight is 212 g/mol. The van der Waals surface area contributed by atoms with Crippen molar-refractivity contribution in [3.8, 4) is 0 Å². The smallest absolute Gasteiger partial charge is 0.319 e. The summed E-state index contributed by atoms with van der Waals surface area (Å²) in [7, 11) is 0. The first kappa shape index (κ1) is 12.2. The summed E-state index contributed by atoms with van der Waals surface area (Å²) in [5.41, 5.74) is -0.864. The van der Waals surface area contributed by atoms with E-state index < -0.39 is 5.41 Å². The molecule has 3 nitrogen and oxygen atoms in total. The van der Waals surface area contributed by atoms with Crippen LogP contribution in [0.1, 0.15) is 41.0 Å². The van der Waals surface area contributed by atoms with E-state index in [-0.39, 0.29) is 23.1 Å². The number of ether oxygens (including phenoxy) is 1. The van der Waals surface area contributed by atoms with Crippen LogP contribution in [0.4, 0.5) is 0 Å². The van der Waals surface area contributed by atoms with Gasteiger partial charge in [-0.15, -0.1) is 0 Å². The Morgan fingerprint density at radius 2 is 1.87 bits per heavy atom. The van der Waals surface area contributed by atoms with E-state index in [9.17, 15) is 9.59 Å². The quantitative estimate of drug-likeness (QED) is 0.532. The van der Waals surface area contributed by atoms with Gasteiger partial charge in [-0.2, -0.15) is 0 Å². The van der Waals surface area contributed by atoms with Crippen molar-refractivity contribution in [1.82, 2.24) is 0 Å². The maximum Gasteiger partial charge on any atom is 0.319 e. The Bertz CT molecular complexity index is 288. The van der Waals surface area contributed by atoms with E-state index in [2.05, 4.69) is 0 Å². The predicted molar refractivity (Wildman–Crippen MR) is 57.3 cm³/mol. The monoisotopic (exact) mass is 212 g/mol. The Morgan fingerprint density at radius 3 is 2.13 bits per heavy atom. The molecule has 1 aliphatic rings. The fraction of sp³-hybridized carbons (Fsp3) is 0.833. The lowest BCUT2D eigenvalue weighted by Gasteiger charge is -2.20. The third-order valence-corrected chi connectivity index (χ3v) is 2.94. The van der Waals surface area contributed by atoms with Gasteiger partial charge in [0.15, 0.2) is 0 Å². The molecular formula is C12H20O3. The Balaban J connectivity index is 2.58. The molecule has 0 aromatic carbocycles. The van der Waals surface area contributed by atoms with E-state index in [1.165, 1.54) is 6.92 Å². The third-order valence-electron chi connectivity index (χ3n) is 2.94. The summed E-state index contributed by atoms with van der Waals surface area (Å²) in [5.74, 6) is -0.256. The largest absolute Gasteiger partial charge is 0.464 e. The summed E-state index contributed by atoms with van der Waals surface area (Å²) >= 11 is 0. The summed E-state index contributed by atoms with van der Waals surface area (Å²) in [6.07, 6.45) is 0.644. The first-order chi connectivity index (χ1) is 6.70. The van der Waals surface area contributed by atoms with Crippen molar-refractivity contribution in [2.24, 2.45) is 16.7 Å². The summed E-state index contributed by atoms with van der Waals surface area (Å²) in [4.78, 5) is 23.2. The molecule has 0 N–H and O–H groups in total. The molecule has 15 heavy (non-hydrogen) atoms. The minimum absolute atomic E-state index is 0.0498. The van der Waals surface area contributed by atoms with E-state index in [1.54, 1.807) is 0 Å². The van der Waals surface area contributed by atoms with Gasteiger partial charge in [0.25, 0.3) is 0 Å². The second-order valence-electron chi connectivity index (χ2n) is 5.77. The highest BCUT2D eigenvalue weighted by atomic mass is 16.5. The molecule has 0 spiro atoms. The van der Waals surface area contributed by atoms with Gasteiger partial charge in [0.05, 0.1) is 6.61 Å². The molecule has 0 aliphatic heterocycles. The van der Waals surface area contributed by atoms with Crippen LogP contribution in [0.2, 0.25) is 0 Å². The Morgan fingerprint density at radius 1 is 1.40 bits per heavy atom. The van der Waals surface area contributed by atoms with Crippen molar-refractivity contribution in [2.45, 2.75) is 41.0 Å². The number of Topliss-reactive ketones (excluding diaryl/α,β-unsaturated/α-hetero) is 1. The fourth-order valence-corrected chi connectivity index (χ4v) is 1.75.